The van der Waals surface area contributed by atoms with E-state index in [0.29, 0.717) is 11.5 Å². The molecule has 1 N–H and O–H groups in total. The molecule has 3 aromatic rings. The van der Waals surface area contributed by atoms with Crippen LogP contribution in [0.15, 0.2) is 71.3 Å². The van der Waals surface area contributed by atoms with Crippen molar-refractivity contribution in [1.29, 1.82) is 0 Å². The zero-order chi connectivity index (χ0) is 18.4. The first-order valence-corrected chi connectivity index (χ1v) is 8.83. The molecule has 0 spiro atoms. The van der Waals surface area contributed by atoms with Crippen LogP contribution in [0.2, 0.25) is 0 Å². The van der Waals surface area contributed by atoms with Crippen molar-refractivity contribution in [1.82, 2.24) is 0 Å². The Morgan fingerprint density at radius 3 is 2.58 bits per heavy atom. The van der Waals surface area contributed by atoms with Gasteiger partial charge in [-0.3, -0.25) is 4.79 Å². The zero-order valence-corrected chi connectivity index (χ0v) is 15.1. The molecule has 1 heterocycles. The lowest BCUT2D eigenvalue weighted by Gasteiger charge is -2.15. The summed E-state index contributed by atoms with van der Waals surface area (Å²) in [5, 5.41) is 2.98. The highest BCUT2D eigenvalue weighted by atomic mass is 16.5. The van der Waals surface area contributed by atoms with E-state index in [2.05, 4.69) is 19.2 Å². The fraction of sp³-hybridized carbons (Fsp3) is 0.227. The summed E-state index contributed by atoms with van der Waals surface area (Å²) in [6.45, 7) is 4.56. The fourth-order valence-electron chi connectivity index (χ4n) is 2.77. The minimum absolute atomic E-state index is 0.266. The monoisotopic (exact) mass is 349 g/mol. The predicted molar refractivity (Wildman–Crippen MR) is 103 cm³/mol. The summed E-state index contributed by atoms with van der Waals surface area (Å²) in [7, 11) is 0. The third-order valence-electron chi connectivity index (χ3n) is 4.44. The molecule has 0 saturated heterocycles. The van der Waals surface area contributed by atoms with Gasteiger partial charge >= 0.3 is 0 Å². The summed E-state index contributed by atoms with van der Waals surface area (Å²) in [6, 6.07) is 19.1. The van der Waals surface area contributed by atoms with Crippen molar-refractivity contribution >= 4 is 11.6 Å². The summed E-state index contributed by atoms with van der Waals surface area (Å²) < 4.78 is 11.2. The molecule has 0 fully saturated rings. The van der Waals surface area contributed by atoms with Gasteiger partial charge in [0.25, 0.3) is 5.91 Å². The van der Waals surface area contributed by atoms with E-state index in [1.54, 1.807) is 6.07 Å². The van der Waals surface area contributed by atoms with Crippen LogP contribution < -0.4 is 10.1 Å². The molecular weight excluding hydrogens is 326 g/mol. The first-order valence-electron chi connectivity index (χ1n) is 8.83. The smallest absolute Gasteiger partial charge is 0.291 e. The Labute approximate surface area is 153 Å². The predicted octanol–water partition coefficient (Wildman–Crippen LogP) is 5.62. The van der Waals surface area contributed by atoms with E-state index in [4.69, 9.17) is 9.15 Å². The number of rotatable bonds is 7. The number of furan rings is 1. The van der Waals surface area contributed by atoms with Gasteiger partial charge in [0.2, 0.25) is 0 Å². The van der Waals surface area contributed by atoms with Crippen molar-refractivity contribution in [3.63, 3.8) is 0 Å². The summed E-state index contributed by atoms with van der Waals surface area (Å²) in [6.07, 6.45) is 2.52. The number of ether oxygens (including phenoxy) is 1. The van der Waals surface area contributed by atoms with Gasteiger partial charge in [-0.1, -0.05) is 50.2 Å². The molecule has 0 aliphatic rings. The van der Waals surface area contributed by atoms with E-state index in [9.17, 15) is 4.79 Å². The van der Waals surface area contributed by atoms with Crippen LogP contribution in [0.3, 0.4) is 0 Å². The second-order valence-electron chi connectivity index (χ2n) is 6.23. The number of carbonyl (C=O) groups is 1. The molecule has 26 heavy (non-hydrogen) atoms. The second-order valence-corrected chi connectivity index (χ2v) is 6.23. The molecular formula is C22H23NO3. The molecule has 2 aromatic carbocycles. The van der Waals surface area contributed by atoms with Crippen LogP contribution in [0.1, 0.15) is 47.9 Å². The van der Waals surface area contributed by atoms with E-state index in [1.807, 2.05) is 54.6 Å². The van der Waals surface area contributed by atoms with E-state index in [0.717, 1.165) is 23.4 Å². The van der Waals surface area contributed by atoms with Gasteiger partial charge in [0.1, 0.15) is 12.4 Å². The fourth-order valence-corrected chi connectivity index (χ4v) is 2.77. The van der Waals surface area contributed by atoms with Crippen LogP contribution in [0.4, 0.5) is 5.69 Å². The Kier molecular flexibility index (Phi) is 5.74. The third-order valence-corrected chi connectivity index (χ3v) is 4.44. The Hall–Kier alpha value is -3.01. The van der Waals surface area contributed by atoms with Crippen molar-refractivity contribution in [2.75, 3.05) is 5.32 Å². The number of carbonyl (C=O) groups excluding carboxylic acids is 1. The standard InChI is InChI=1S/C22H23NO3/c1-3-16(2)19-11-7-8-12-20(19)23-22(24)21-17(13-14-25-21)15-26-18-9-5-4-6-10-18/h4-14,16H,3,15H2,1-2H3,(H,23,24). The minimum atomic E-state index is -0.266. The first-order chi connectivity index (χ1) is 12.7. The normalized spacial score (nSPS) is 11.8. The lowest BCUT2D eigenvalue weighted by Crippen LogP contribution is -2.15. The average Bonchev–Trinajstić information content (AvgIpc) is 3.16. The third kappa shape index (κ3) is 4.14. The van der Waals surface area contributed by atoms with Gasteiger partial charge in [-0.15, -0.1) is 0 Å². The number of anilines is 1. The zero-order valence-electron chi connectivity index (χ0n) is 15.1. The van der Waals surface area contributed by atoms with Gasteiger partial charge in [-0.05, 0) is 42.2 Å². The quantitative estimate of drug-likeness (QED) is 0.602. The Morgan fingerprint density at radius 2 is 1.81 bits per heavy atom. The van der Waals surface area contributed by atoms with E-state index >= 15 is 0 Å². The minimum Gasteiger partial charge on any atom is -0.489 e. The van der Waals surface area contributed by atoms with Gasteiger partial charge < -0.3 is 14.5 Å². The first kappa shape index (κ1) is 17.8. The van der Waals surface area contributed by atoms with Gasteiger partial charge in [-0.25, -0.2) is 0 Å². The number of amides is 1. The molecule has 134 valence electrons. The Bertz CT molecular complexity index is 855. The molecule has 1 aromatic heterocycles. The molecule has 0 radical (unpaired) electrons. The molecule has 1 amide bonds. The van der Waals surface area contributed by atoms with Crippen molar-refractivity contribution in [2.24, 2.45) is 0 Å². The largest absolute Gasteiger partial charge is 0.489 e. The van der Waals surface area contributed by atoms with Gasteiger partial charge in [0.05, 0.1) is 6.26 Å². The summed E-state index contributed by atoms with van der Waals surface area (Å²) >= 11 is 0. The van der Waals surface area contributed by atoms with Crippen molar-refractivity contribution < 1.29 is 13.9 Å². The van der Waals surface area contributed by atoms with E-state index in [1.165, 1.54) is 6.26 Å². The number of nitrogens with one attached hydrogen (secondary N) is 1. The molecule has 0 aliphatic carbocycles. The molecule has 1 atom stereocenters. The highest BCUT2D eigenvalue weighted by Gasteiger charge is 2.18. The Balaban J connectivity index is 1.73. The average molecular weight is 349 g/mol. The van der Waals surface area contributed by atoms with Crippen molar-refractivity contribution in [3.8, 4) is 5.75 Å². The van der Waals surface area contributed by atoms with Crippen molar-refractivity contribution in [3.05, 3.63) is 83.8 Å². The molecule has 4 nitrogen and oxygen atoms in total. The molecule has 4 heteroatoms. The second kappa shape index (κ2) is 8.39. The Morgan fingerprint density at radius 1 is 1.08 bits per heavy atom. The molecule has 0 bridgehead atoms. The summed E-state index contributed by atoms with van der Waals surface area (Å²) in [5.74, 6) is 1.13. The summed E-state index contributed by atoms with van der Waals surface area (Å²) in [5.41, 5.74) is 2.66. The van der Waals surface area contributed by atoms with Gasteiger partial charge in [0, 0.05) is 11.3 Å². The van der Waals surface area contributed by atoms with Crippen LogP contribution in [-0.2, 0) is 6.61 Å². The maximum Gasteiger partial charge on any atom is 0.291 e. The molecule has 1 unspecified atom stereocenters. The molecule has 0 aliphatic heterocycles. The summed E-state index contributed by atoms with van der Waals surface area (Å²) in [4.78, 5) is 12.7. The van der Waals surface area contributed by atoms with Gasteiger partial charge in [0.15, 0.2) is 5.76 Å². The van der Waals surface area contributed by atoms with Crippen LogP contribution in [0, 0.1) is 0 Å². The molecule has 0 saturated carbocycles. The van der Waals surface area contributed by atoms with Gasteiger partial charge in [-0.2, -0.15) is 0 Å². The SMILES string of the molecule is CCC(C)c1ccccc1NC(=O)c1occc1COc1ccccc1. The molecule has 3 rings (SSSR count). The lowest BCUT2D eigenvalue weighted by atomic mass is 9.97. The topological polar surface area (TPSA) is 51.5 Å². The maximum atomic E-state index is 12.7. The lowest BCUT2D eigenvalue weighted by molar-refractivity contribution is 0.0993. The van der Waals surface area contributed by atoms with Crippen LogP contribution in [0.25, 0.3) is 0 Å². The van der Waals surface area contributed by atoms with Crippen LogP contribution in [0.5, 0.6) is 5.75 Å². The van der Waals surface area contributed by atoms with E-state index in [-0.39, 0.29) is 18.3 Å². The maximum absolute atomic E-state index is 12.7. The highest BCUT2D eigenvalue weighted by Crippen LogP contribution is 2.27. The number of para-hydroxylation sites is 2. The number of benzene rings is 2. The van der Waals surface area contributed by atoms with Crippen LogP contribution in [-0.4, -0.2) is 5.91 Å². The van der Waals surface area contributed by atoms with Crippen LogP contribution >= 0.6 is 0 Å². The number of hydrogen-bond donors (Lipinski definition) is 1. The van der Waals surface area contributed by atoms with E-state index < -0.39 is 0 Å². The highest BCUT2D eigenvalue weighted by molar-refractivity contribution is 6.03. The van der Waals surface area contributed by atoms with Crippen molar-refractivity contribution in [2.45, 2.75) is 32.8 Å². The number of hydrogen-bond acceptors (Lipinski definition) is 3.